The fraction of sp³-hybridized carbons (Fsp3) is 0.235. The van der Waals surface area contributed by atoms with Crippen LogP contribution in [0.2, 0.25) is 0 Å². The van der Waals surface area contributed by atoms with Crippen molar-refractivity contribution in [2.24, 2.45) is 0 Å². The van der Waals surface area contributed by atoms with Gasteiger partial charge in [0.05, 0.1) is 5.56 Å². The predicted molar refractivity (Wildman–Crippen MR) is 161 cm³/mol. The zero-order valence-electron chi connectivity index (χ0n) is 22.8. The topological polar surface area (TPSA) is 46.6 Å². The molecule has 198 valence electrons. The fourth-order valence-electron chi connectivity index (χ4n) is 5.52. The van der Waals surface area contributed by atoms with E-state index in [2.05, 4.69) is 72.8 Å². The molecule has 0 radical (unpaired) electrons. The molecule has 1 fully saturated rings. The second kappa shape index (κ2) is 11.2. The van der Waals surface area contributed by atoms with Gasteiger partial charge in [-0.1, -0.05) is 66.7 Å². The normalized spacial score (nSPS) is 15.8. The lowest BCUT2D eigenvalue weighted by atomic mass is 10.1. The van der Waals surface area contributed by atoms with Crippen molar-refractivity contribution in [1.82, 2.24) is 4.90 Å². The standard InChI is InChI=1S/C34H35NO3P/c1-34(2,3)38-33(37)27-21-19-26(20-22-27)25-35-24-23-31(32(35)36)39(28-13-7-4-8-14-28,29-15-9-5-10-16-29)30-17-11-6-12-18-30/h4-22,31H,23-25H2,1-3H3/q+1. The van der Waals surface area contributed by atoms with E-state index in [1.807, 2.05) is 56.0 Å². The molecule has 0 aromatic heterocycles. The molecule has 5 heteroatoms. The number of benzene rings is 4. The molecule has 0 saturated carbocycles. The van der Waals surface area contributed by atoms with E-state index in [0.29, 0.717) is 18.7 Å². The molecular formula is C34H35NO3P+. The summed E-state index contributed by atoms with van der Waals surface area (Å²) in [5.41, 5.74) is 0.824. The second-order valence-electron chi connectivity index (χ2n) is 11.0. The van der Waals surface area contributed by atoms with Gasteiger partial charge in [-0.15, -0.1) is 0 Å². The molecule has 5 rings (SSSR count). The molecule has 1 aliphatic rings. The van der Waals surface area contributed by atoms with Crippen molar-refractivity contribution in [3.05, 3.63) is 126 Å². The van der Waals surface area contributed by atoms with E-state index < -0.39 is 12.9 Å². The highest BCUT2D eigenvalue weighted by Crippen LogP contribution is 2.62. The number of carbonyl (C=O) groups excluding carboxylic acids is 2. The first kappa shape index (κ1) is 26.8. The summed E-state index contributed by atoms with van der Waals surface area (Å²) in [7, 11) is -2.29. The lowest BCUT2D eigenvalue weighted by Gasteiger charge is -2.32. The van der Waals surface area contributed by atoms with Crippen LogP contribution in [0.5, 0.6) is 0 Å². The van der Waals surface area contributed by atoms with Crippen LogP contribution in [-0.2, 0) is 16.1 Å². The highest BCUT2D eigenvalue weighted by molar-refractivity contribution is 7.96. The van der Waals surface area contributed by atoms with Crippen LogP contribution in [0.15, 0.2) is 115 Å². The minimum absolute atomic E-state index is 0.147. The van der Waals surface area contributed by atoms with E-state index in [-0.39, 0.29) is 17.5 Å². The van der Waals surface area contributed by atoms with Gasteiger partial charge in [-0.2, -0.15) is 0 Å². The first-order valence-electron chi connectivity index (χ1n) is 13.5. The largest absolute Gasteiger partial charge is 0.456 e. The van der Waals surface area contributed by atoms with E-state index in [1.165, 1.54) is 15.9 Å². The van der Waals surface area contributed by atoms with E-state index in [4.69, 9.17) is 4.74 Å². The minimum Gasteiger partial charge on any atom is -0.456 e. The van der Waals surface area contributed by atoms with Crippen molar-refractivity contribution in [3.63, 3.8) is 0 Å². The Labute approximate surface area is 232 Å². The van der Waals surface area contributed by atoms with Gasteiger partial charge in [0.15, 0.2) is 5.66 Å². The number of likely N-dealkylation sites (tertiary alicyclic amines) is 1. The summed E-state index contributed by atoms with van der Waals surface area (Å²) in [6.07, 6.45) is 0.793. The first-order chi connectivity index (χ1) is 18.8. The van der Waals surface area contributed by atoms with Crippen LogP contribution in [0.4, 0.5) is 0 Å². The van der Waals surface area contributed by atoms with Crippen molar-refractivity contribution >= 4 is 35.1 Å². The van der Waals surface area contributed by atoms with Gasteiger partial charge in [0, 0.05) is 19.5 Å². The Bertz CT molecular complexity index is 1320. The molecule has 39 heavy (non-hydrogen) atoms. The van der Waals surface area contributed by atoms with Gasteiger partial charge >= 0.3 is 5.97 Å². The summed E-state index contributed by atoms with van der Waals surface area (Å²) in [5, 5.41) is 3.68. The smallest absolute Gasteiger partial charge is 0.338 e. The first-order valence-corrected chi connectivity index (χ1v) is 15.3. The molecule has 0 aliphatic carbocycles. The van der Waals surface area contributed by atoms with Crippen LogP contribution in [0.3, 0.4) is 0 Å². The van der Waals surface area contributed by atoms with Crippen LogP contribution in [0.25, 0.3) is 0 Å². The van der Waals surface area contributed by atoms with Gasteiger partial charge in [0.2, 0.25) is 0 Å². The predicted octanol–water partition coefficient (Wildman–Crippen LogP) is 5.74. The lowest BCUT2D eigenvalue weighted by molar-refractivity contribution is -0.127. The van der Waals surface area contributed by atoms with Crippen LogP contribution >= 0.6 is 7.26 Å². The van der Waals surface area contributed by atoms with Crippen molar-refractivity contribution in [2.45, 2.75) is 45.0 Å². The summed E-state index contributed by atoms with van der Waals surface area (Å²) in [5.74, 6) is -0.148. The summed E-state index contributed by atoms with van der Waals surface area (Å²) in [6.45, 7) is 6.79. The summed E-state index contributed by atoms with van der Waals surface area (Å²) < 4.78 is 5.49. The Balaban J connectivity index is 1.48. The Morgan fingerprint density at radius 1 is 0.769 bits per heavy atom. The lowest BCUT2D eigenvalue weighted by Crippen LogP contribution is -2.42. The van der Waals surface area contributed by atoms with Gasteiger partial charge in [-0.25, -0.2) is 4.79 Å². The molecule has 0 N–H and O–H groups in total. The molecule has 1 saturated heterocycles. The summed E-state index contributed by atoms with van der Waals surface area (Å²) >= 11 is 0. The third-order valence-corrected chi connectivity index (χ3v) is 11.9. The van der Waals surface area contributed by atoms with Crippen molar-refractivity contribution in [2.75, 3.05) is 6.54 Å². The molecule has 0 spiro atoms. The van der Waals surface area contributed by atoms with E-state index in [0.717, 1.165) is 12.0 Å². The Morgan fingerprint density at radius 3 is 1.67 bits per heavy atom. The van der Waals surface area contributed by atoms with Gasteiger partial charge in [-0.05, 0) is 74.9 Å². The minimum atomic E-state index is -2.29. The Morgan fingerprint density at radius 2 is 1.23 bits per heavy atom. The third-order valence-electron chi connectivity index (χ3n) is 7.19. The zero-order valence-corrected chi connectivity index (χ0v) is 23.7. The number of carbonyl (C=O) groups is 2. The molecule has 4 aromatic carbocycles. The average molecular weight is 537 g/mol. The van der Waals surface area contributed by atoms with Crippen molar-refractivity contribution < 1.29 is 14.3 Å². The maximum atomic E-state index is 14.3. The van der Waals surface area contributed by atoms with Crippen molar-refractivity contribution in [3.8, 4) is 0 Å². The van der Waals surface area contributed by atoms with Crippen LogP contribution in [-0.4, -0.2) is 34.6 Å². The number of hydrogen-bond acceptors (Lipinski definition) is 3. The van der Waals surface area contributed by atoms with Crippen LogP contribution in [0.1, 0.15) is 43.1 Å². The maximum Gasteiger partial charge on any atom is 0.338 e. The molecular weight excluding hydrogens is 501 g/mol. The SMILES string of the molecule is CC(C)(C)OC(=O)c1ccc(CN2CCC([P+](c3ccccc3)(c3ccccc3)c3ccccc3)C2=O)cc1. The second-order valence-corrected chi connectivity index (χ2v) is 14.6. The monoisotopic (exact) mass is 536 g/mol. The van der Waals surface area contributed by atoms with Crippen molar-refractivity contribution in [1.29, 1.82) is 0 Å². The number of amides is 1. The molecule has 4 aromatic rings. The number of esters is 1. The van der Waals surface area contributed by atoms with E-state index >= 15 is 0 Å². The maximum absolute atomic E-state index is 14.3. The molecule has 1 unspecified atom stereocenters. The van der Waals surface area contributed by atoms with E-state index in [9.17, 15) is 9.59 Å². The fourth-order valence-corrected chi connectivity index (χ4v) is 10.4. The van der Waals surface area contributed by atoms with Gasteiger partial charge in [-0.3, -0.25) is 4.79 Å². The highest BCUT2D eigenvalue weighted by atomic mass is 31.2. The third kappa shape index (κ3) is 5.53. The number of hydrogen-bond donors (Lipinski definition) is 0. The van der Waals surface area contributed by atoms with Crippen LogP contribution in [0, 0.1) is 0 Å². The molecule has 1 amide bonds. The Kier molecular flexibility index (Phi) is 7.68. The molecule has 4 nitrogen and oxygen atoms in total. The van der Waals surface area contributed by atoms with Crippen LogP contribution < -0.4 is 15.9 Å². The number of ether oxygens (including phenoxy) is 1. The Hall–Kier alpha value is -3.75. The van der Waals surface area contributed by atoms with E-state index in [1.54, 1.807) is 12.1 Å². The number of nitrogens with zero attached hydrogens (tertiary/aromatic N) is 1. The van der Waals surface area contributed by atoms with Gasteiger partial charge < -0.3 is 9.64 Å². The quantitative estimate of drug-likeness (QED) is 0.224. The van der Waals surface area contributed by atoms with Gasteiger partial charge in [0.25, 0.3) is 5.91 Å². The zero-order chi connectivity index (χ0) is 27.5. The summed E-state index contributed by atoms with van der Waals surface area (Å²) in [4.78, 5) is 28.7. The summed E-state index contributed by atoms with van der Waals surface area (Å²) in [6, 6.07) is 39.2. The van der Waals surface area contributed by atoms with Gasteiger partial charge in [0.1, 0.15) is 28.8 Å². The highest BCUT2D eigenvalue weighted by Gasteiger charge is 2.58. The number of rotatable bonds is 7. The average Bonchev–Trinajstić information content (AvgIpc) is 3.30. The molecule has 1 atom stereocenters. The molecule has 0 bridgehead atoms. The molecule has 1 aliphatic heterocycles. The molecule has 1 heterocycles.